The molecule has 39 heavy (non-hydrogen) atoms. The largest absolute Gasteiger partial charge is 0.417 e. The highest BCUT2D eigenvalue weighted by Gasteiger charge is 2.38. The number of nitrogens with one attached hydrogen (secondary N) is 1. The molecule has 5 rings (SSSR count). The number of rotatable bonds is 5. The molecule has 0 saturated carbocycles. The van der Waals surface area contributed by atoms with E-state index in [4.69, 9.17) is 0 Å². The van der Waals surface area contributed by atoms with Crippen LogP contribution in [0.1, 0.15) is 16.7 Å². The van der Waals surface area contributed by atoms with Crippen LogP contribution < -0.4 is 5.32 Å². The molecule has 6 nitrogen and oxygen atoms in total. The molecule has 2 aliphatic heterocycles. The number of hydrogen-bond acceptors (Lipinski definition) is 5. The van der Waals surface area contributed by atoms with Crippen molar-refractivity contribution in [3.05, 3.63) is 89.6 Å². The monoisotopic (exact) mass is 546 g/mol. The van der Waals surface area contributed by atoms with E-state index < -0.39 is 34.9 Å². The van der Waals surface area contributed by atoms with Gasteiger partial charge in [-0.3, -0.25) is 9.67 Å². The number of hydrogen-bond donors (Lipinski definition) is 1. The van der Waals surface area contributed by atoms with E-state index in [0.717, 1.165) is 6.07 Å². The van der Waals surface area contributed by atoms with E-state index in [1.807, 2.05) is 0 Å². The third-order valence-electron chi connectivity index (χ3n) is 5.92. The minimum Gasteiger partial charge on any atom is -0.386 e. The van der Waals surface area contributed by atoms with Crippen LogP contribution in [0.15, 0.2) is 67.1 Å². The van der Waals surface area contributed by atoms with Crippen molar-refractivity contribution >= 4 is 5.69 Å². The fraction of sp³-hybridized carbons (Fsp3) is 0.154. The highest BCUT2D eigenvalue weighted by Crippen LogP contribution is 2.40. The van der Waals surface area contributed by atoms with E-state index >= 15 is 0 Å². The molecule has 0 bridgehead atoms. The summed E-state index contributed by atoms with van der Waals surface area (Å²) in [6.45, 7) is 0.161. The fourth-order valence-corrected chi connectivity index (χ4v) is 4.01. The van der Waals surface area contributed by atoms with Crippen molar-refractivity contribution < 1.29 is 30.7 Å². The lowest BCUT2D eigenvalue weighted by atomic mass is 10.00. The third kappa shape index (κ3) is 5.24. The predicted octanol–water partition coefficient (Wildman–Crippen LogP) is 6.77. The van der Waals surface area contributed by atoms with Gasteiger partial charge in [-0.2, -0.15) is 31.4 Å². The summed E-state index contributed by atoms with van der Waals surface area (Å²) in [7, 11) is 1.59. The number of benzene rings is 2. The quantitative estimate of drug-likeness (QED) is 0.247. The maximum atomic E-state index is 14.7. The predicted molar refractivity (Wildman–Crippen MR) is 128 cm³/mol. The summed E-state index contributed by atoms with van der Waals surface area (Å²) in [6.07, 6.45) is -5.59. The van der Waals surface area contributed by atoms with Gasteiger partial charge in [-0.25, -0.2) is 14.4 Å². The lowest BCUT2D eigenvalue weighted by Gasteiger charge is -2.16. The van der Waals surface area contributed by atoms with E-state index in [1.165, 1.54) is 29.2 Å². The zero-order valence-electron chi connectivity index (χ0n) is 19.9. The Hall–Kier alpha value is -4.55. The van der Waals surface area contributed by atoms with Crippen LogP contribution in [-0.2, 0) is 18.9 Å². The number of fused-ring (bicyclic) bond motifs is 1. The van der Waals surface area contributed by atoms with E-state index in [2.05, 4.69) is 25.4 Å². The zero-order valence-corrected chi connectivity index (χ0v) is 19.9. The van der Waals surface area contributed by atoms with Crippen molar-refractivity contribution in [1.82, 2.24) is 24.7 Å². The minimum atomic E-state index is -5.01. The summed E-state index contributed by atoms with van der Waals surface area (Å²) in [5, 5.41) is 7.00. The number of nitrogens with zero attached hydrogens (tertiary/aromatic N) is 5. The summed E-state index contributed by atoms with van der Waals surface area (Å²) in [5.74, 6) is -0.314. The molecular weight excluding hydrogens is 529 g/mol. The third-order valence-corrected chi connectivity index (χ3v) is 5.92. The lowest BCUT2D eigenvalue weighted by Crippen LogP contribution is -2.12. The first-order valence-corrected chi connectivity index (χ1v) is 11.3. The van der Waals surface area contributed by atoms with Gasteiger partial charge in [0.15, 0.2) is 11.6 Å². The van der Waals surface area contributed by atoms with Gasteiger partial charge in [-0.05, 0) is 35.9 Å². The van der Waals surface area contributed by atoms with Gasteiger partial charge in [0, 0.05) is 18.8 Å². The van der Waals surface area contributed by atoms with Gasteiger partial charge in [0.25, 0.3) is 0 Å². The standard InChI is InChI=1S/C26H17F7N6/c1-34-20-4-2-3-17(23(20)27)24-37-21-11-36-39(13-22(21)38-24)12-14-5-8-19(35-10-14)16-7-6-15(25(28,29)30)9-18(16)26(31,32)33/h2-11,13,34H,12H2,1H3. The molecule has 0 saturated heterocycles. The summed E-state index contributed by atoms with van der Waals surface area (Å²) in [6, 6.07) is 9.03. The van der Waals surface area contributed by atoms with E-state index in [9.17, 15) is 30.7 Å². The topological polar surface area (TPSA) is 68.5 Å². The van der Waals surface area contributed by atoms with Crippen molar-refractivity contribution in [3.63, 3.8) is 0 Å². The maximum Gasteiger partial charge on any atom is 0.417 e. The van der Waals surface area contributed by atoms with Gasteiger partial charge in [0.1, 0.15) is 11.4 Å². The van der Waals surface area contributed by atoms with Crippen LogP contribution in [0.2, 0.25) is 0 Å². The van der Waals surface area contributed by atoms with Crippen molar-refractivity contribution in [3.8, 4) is 34.0 Å². The molecule has 0 aliphatic carbocycles. The molecular formula is C26H17F7N6. The second kappa shape index (κ2) is 9.64. The van der Waals surface area contributed by atoms with Crippen molar-refractivity contribution in [2.45, 2.75) is 18.9 Å². The Morgan fingerprint density at radius 1 is 0.821 bits per heavy atom. The first kappa shape index (κ1) is 26.1. The van der Waals surface area contributed by atoms with Crippen LogP contribution in [0, 0.1) is 5.82 Å². The Morgan fingerprint density at radius 3 is 2.26 bits per heavy atom. The molecule has 0 spiro atoms. The SMILES string of the molecule is CNc1cccc(-c2nc3cnn(Cc4ccc(-c5ccc(C(F)(F)F)cc5C(F)(F)F)nc4)cc-3n2)c1F. The van der Waals surface area contributed by atoms with E-state index in [1.54, 1.807) is 31.4 Å². The Bertz CT molecular complexity index is 1610. The second-order valence-electron chi connectivity index (χ2n) is 8.51. The average molecular weight is 546 g/mol. The summed E-state index contributed by atoms with van der Waals surface area (Å²) >= 11 is 0. The van der Waals surface area contributed by atoms with Crippen molar-refractivity contribution in [1.29, 1.82) is 0 Å². The van der Waals surface area contributed by atoms with E-state index in [-0.39, 0.29) is 29.7 Å². The summed E-state index contributed by atoms with van der Waals surface area (Å²) in [5.41, 5.74) is -1.48. The molecule has 0 fully saturated rings. The van der Waals surface area contributed by atoms with Crippen molar-refractivity contribution in [2.75, 3.05) is 12.4 Å². The van der Waals surface area contributed by atoms with Gasteiger partial charge in [0.05, 0.1) is 47.0 Å². The zero-order chi connectivity index (χ0) is 27.9. The summed E-state index contributed by atoms with van der Waals surface area (Å²) < 4.78 is 95.7. The number of alkyl halides is 6. The molecule has 3 aromatic rings. The van der Waals surface area contributed by atoms with Gasteiger partial charge >= 0.3 is 12.4 Å². The van der Waals surface area contributed by atoms with Gasteiger partial charge < -0.3 is 5.32 Å². The van der Waals surface area contributed by atoms with Crippen LogP contribution in [0.25, 0.3) is 34.0 Å². The van der Waals surface area contributed by atoms with Gasteiger partial charge in [-0.15, -0.1) is 0 Å². The molecule has 200 valence electrons. The number of aromatic nitrogens is 5. The molecule has 0 atom stereocenters. The van der Waals surface area contributed by atoms with Crippen LogP contribution in [0.4, 0.5) is 36.4 Å². The Balaban J connectivity index is 1.41. The highest BCUT2D eigenvalue weighted by atomic mass is 19.4. The molecule has 0 amide bonds. The Morgan fingerprint density at radius 2 is 1.59 bits per heavy atom. The highest BCUT2D eigenvalue weighted by molar-refractivity contribution is 5.69. The van der Waals surface area contributed by atoms with Gasteiger partial charge in [0.2, 0.25) is 0 Å². The second-order valence-corrected chi connectivity index (χ2v) is 8.51. The molecule has 2 aromatic carbocycles. The smallest absolute Gasteiger partial charge is 0.386 e. The number of imidazole rings is 1. The first-order chi connectivity index (χ1) is 18.4. The minimum absolute atomic E-state index is 0.0793. The van der Waals surface area contributed by atoms with Crippen LogP contribution in [-0.4, -0.2) is 31.8 Å². The maximum absolute atomic E-state index is 14.7. The van der Waals surface area contributed by atoms with E-state index in [0.29, 0.717) is 28.7 Å². The lowest BCUT2D eigenvalue weighted by molar-refractivity contribution is -0.142. The van der Waals surface area contributed by atoms with Gasteiger partial charge in [-0.1, -0.05) is 18.2 Å². The molecule has 2 aliphatic rings. The molecule has 0 radical (unpaired) electrons. The van der Waals surface area contributed by atoms with Crippen LogP contribution in [0.3, 0.4) is 0 Å². The molecule has 1 N–H and O–H groups in total. The molecule has 13 heteroatoms. The fourth-order valence-electron chi connectivity index (χ4n) is 4.01. The Labute approximate surface area is 216 Å². The number of pyridine rings is 1. The first-order valence-electron chi connectivity index (χ1n) is 11.3. The molecule has 3 heterocycles. The normalized spacial score (nSPS) is 12.2. The molecule has 0 unspecified atom stereocenters. The number of halogens is 7. The molecule has 1 aromatic heterocycles. The van der Waals surface area contributed by atoms with Crippen LogP contribution >= 0.6 is 0 Å². The Kier molecular flexibility index (Phi) is 6.44. The van der Waals surface area contributed by atoms with Crippen LogP contribution in [0.5, 0.6) is 0 Å². The van der Waals surface area contributed by atoms with Crippen molar-refractivity contribution in [2.24, 2.45) is 0 Å². The average Bonchev–Trinajstić information content (AvgIpc) is 3.31. The summed E-state index contributed by atoms with van der Waals surface area (Å²) in [4.78, 5) is 12.8. The number of anilines is 1.